The number of aromatic nitrogens is 4. The molecule has 5 rings (SSSR count). The Balaban J connectivity index is 1.66. The molecular weight excluding hydrogens is 360 g/mol. The van der Waals surface area contributed by atoms with E-state index in [4.69, 9.17) is 16.6 Å². The lowest BCUT2D eigenvalue weighted by molar-refractivity contribution is 0.366. The molecule has 6 nitrogen and oxygen atoms in total. The Morgan fingerprint density at radius 2 is 2.19 bits per heavy atom. The molecule has 3 N–H and O–H groups in total. The van der Waals surface area contributed by atoms with Gasteiger partial charge in [0.25, 0.3) is 0 Å². The highest BCUT2D eigenvalue weighted by Crippen LogP contribution is 2.34. The maximum Gasteiger partial charge on any atom is 0.181 e. The molecule has 4 aromatic rings. The molecule has 0 spiro atoms. The highest BCUT2D eigenvalue weighted by Gasteiger charge is 2.24. The number of nitrogens with one attached hydrogen (secondary N) is 3. The number of nitrogens with zero attached hydrogens (tertiary/aromatic N) is 3. The number of fused-ring (bicyclic) bond motifs is 2. The molecule has 0 unspecified atom stereocenters. The Kier molecular flexibility index (Phi) is 4.02. The molecule has 4 heterocycles. The first-order chi connectivity index (χ1) is 13.2. The fourth-order valence-electron chi connectivity index (χ4n) is 3.85. The standard InChI is InChI=1S/C20H21ClN6/c1-12-6-7-22-11-16(12)25-19-20-23-8-9-27(20)18(21)17(26-19)14-10-24-15-5-3-2-4-13(14)15/h2-5,8-10,12,16,22,24H,6-7,11H2,1H3,(H,25,26)/t12-,16-/m1/s1. The van der Waals surface area contributed by atoms with Crippen molar-refractivity contribution in [2.45, 2.75) is 19.4 Å². The number of H-pyrrole nitrogens is 1. The van der Waals surface area contributed by atoms with Gasteiger partial charge >= 0.3 is 0 Å². The van der Waals surface area contributed by atoms with Gasteiger partial charge in [0.1, 0.15) is 10.8 Å². The summed E-state index contributed by atoms with van der Waals surface area (Å²) in [6.45, 7) is 4.26. The van der Waals surface area contributed by atoms with Gasteiger partial charge < -0.3 is 15.6 Å². The van der Waals surface area contributed by atoms with Crippen LogP contribution in [-0.4, -0.2) is 38.5 Å². The highest BCUT2D eigenvalue weighted by atomic mass is 35.5. The van der Waals surface area contributed by atoms with Crippen molar-refractivity contribution in [3.05, 3.63) is 48.0 Å². The lowest BCUT2D eigenvalue weighted by atomic mass is 9.95. The van der Waals surface area contributed by atoms with Gasteiger partial charge in [0, 0.05) is 47.6 Å². The predicted molar refractivity (Wildman–Crippen MR) is 109 cm³/mol. The Bertz CT molecular complexity index is 1110. The highest BCUT2D eigenvalue weighted by molar-refractivity contribution is 6.32. The summed E-state index contributed by atoms with van der Waals surface area (Å²) in [4.78, 5) is 12.7. The zero-order valence-electron chi connectivity index (χ0n) is 15.0. The molecule has 0 saturated carbocycles. The summed E-state index contributed by atoms with van der Waals surface area (Å²) < 4.78 is 1.90. The molecule has 1 aliphatic heterocycles. The van der Waals surface area contributed by atoms with E-state index < -0.39 is 0 Å². The van der Waals surface area contributed by atoms with Crippen LogP contribution in [0.4, 0.5) is 5.82 Å². The van der Waals surface area contributed by atoms with Crippen molar-refractivity contribution in [3.63, 3.8) is 0 Å². The first kappa shape index (κ1) is 16.6. The van der Waals surface area contributed by atoms with Crippen LogP contribution in [-0.2, 0) is 0 Å². The van der Waals surface area contributed by atoms with Crippen LogP contribution in [0.2, 0.25) is 5.15 Å². The van der Waals surface area contributed by atoms with Crippen LogP contribution in [0.25, 0.3) is 27.8 Å². The molecule has 7 heteroatoms. The summed E-state index contributed by atoms with van der Waals surface area (Å²) in [5.74, 6) is 1.33. The summed E-state index contributed by atoms with van der Waals surface area (Å²) in [5.41, 5.74) is 3.56. The van der Waals surface area contributed by atoms with E-state index in [1.165, 1.54) is 0 Å². The summed E-state index contributed by atoms with van der Waals surface area (Å²) in [6.07, 6.45) is 6.75. The van der Waals surface area contributed by atoms with Crippen LogP contribution in [0.3, 0.4) is 0 Å². The summed E-state index contributed by atoms with van der Waals surface area (Å²) in [6, 6.07) is 8.48. The number of rotatable bonds is 3. The molecule has 27 heavy (non-hydrogen) atoms. The van der Waals surface area contributed by atoms with E-state index in [-0.39, 0.29) is 0 Å². The van der Waals surface area contributed by atoms with Gasteiger partial charge in [-0.1, -0.05) is 36.7 Å². The van der Waals surface area contributed by atoms with E-state index in [9.17, 15) is 0 Å². The van der Waals surface area contributed by atoms with Gasteiger partial charge in [0.15, 0.2) is 11.5 Å². The minimum Gasteiger partial charge on any atom is -0.363 e. The molecule has 3 aromatic heterocycles. The normalized spacial score (nSPS) is 20.4. The van der Waals surface area contributed by atoms with Crippen LogP contribution in [0, 0.1) is 5.92 Å². The number of piperidine rings is 1. The second kappa shape index (κ2) is 6.55. The van der Waals surface area contributed by atoms with E-state index in [1.54, 1.807) is 6.20 Å². The van der Waals surface area contributed by atoms with Crippen molar-refractivity contribution in [1.82, 2.24) is 24.7 Å². The largest absolute Gasteiger partial charge is 0.363 e. The first-order valence-corrected chi connectivity index (χ1v) is 9.66. The second-order valence-electron chi connectivity index (χ2n) is 7.19. The topological polar surface area (TPSA) is 70.0 Å². The molecular formula is C20H21ClN6. The third-order valence-corrected chi connectivity index (χ3v) is 5.84. The van der Waals surface area contributed by atoms with Crippen molar-refractivity contribution < 1.29 is 0 Å². The van der Waals surface area contributed by atoms with Gasteiger partial charge in [-0.3, -0.25) is 4.40 Å². The lowest BCUT2D eigenvalue weighted by Gasteiger charge is -2.30. The number of hydrogen-bond acceptors (Lipinski definition) is 4. The molecule has 1 fully saturated rings. The summed E-state index contributed by atoms with van der Waals surface area (Å²) >= 11 is 6.72. The minimum atomic E-state index is 0.309. The van der Waals surface area contributed by atoms with Crippen molar-refractivity contribution in [3.8, 4) is 11.3 Å². The van der Waals surface area contributed by atoms with Gasteiger partial charge in [-0.2, -0.15) is 0 Å². The maximum absolute atomic E-state index is 6.72. The molecule has 1 saturated heterocycles. The maximum atomic E-state index is 6.72. The van der Waals surface area contributed by atoms with Crippen LogP contribution in [0.5, 0.6) is 0 Å². The zero-order valence-corrected chi connectivity index (χ0v) is 15.8. The third-order valence-electron chi connectivity index (χ3n) is 5.48. The average molecular weight is 381 g/mol. The molecule has 0 amide bonds. The number of hydrogen-bond donors (Lipinski definition) is 3. The molecule has 0 radical (unpaired) electrons. The summed E-state index contributed by atoms with van der Waals surface area (Å²) in [7, 11) is 0. The molecule has 0 aliphatic carbocycles. The van der Waals surface area contributed by atoms with Crippen molar-refractivity contribution in [2.75, 3.05) is 18.4 Å². The number of aromatic amines is 1. The number of anilines is 1. The van der Waals surface area contributed by atoms with E-state index in [2.05, 4.69) is 39.7 Å². The second-order valence-corrected chi connectivity index (χ2v) is 7.55. The monoisotopic (exact) mass is 380 g/mol. The Morgan fingerprint density at radius 1 is 1.30 bits per heavy atom. The van der Waals surface area contributed by atoms with E-state index >= 15 is 0 Å². The zero-order chi connectivity index (χ0) is 18.4. The van der Waals surface area contributed by atoms with E-state index in [1.807, 2.05) is 28.9 Å². The first-order valence-electron chi connectivity index (χ1n) is 9.28. The van der Waals surface area contributed by atoms with Crippen LogP contribution >= 0.6 is 11.6 Å². The number of benzene rings is 1. The SMILES string of the molecule is C[C@@H]1CCNC[C@H]1Nc1nc(-c2c[nH]c3ccccc23)c(Cl)n2ccnc12. The van der Waals surface area contributed by atoms with Crippen LogP contribution in [0.15, 0.2) is 42.9 Å². The number of para-hydroxylation sites is 1. The summed E-state index contributed by atoms with van der Waals surface area (Å²) in [5, 5.41) is 8.73. The smallest absolute Gasteiger partial charge is 0.181 e. The van der Waals surface area contributed by atoms with Gasteiger partial charge in [-0.25, -0.2) is 9.97 Å². The quantitative estimate of drug-likeness (QED) is 0.503. The Morgan fingerprint density at radius 3 is 3.07 bits per heavy atom. The predicted octanol–water partition coefficient (Wildman–Crippen LogP) is 3.94. The van der Waals surface area contributed by atoms with Crippen molar-refractivity contribution in [2.24, 2.45) is 5.92 Å². The Labute approximate surface area is 162 Å². The van der Waals surface area contributed by atoms with Crippen LogP contribution < -0.4 is 10.6 Å². The third kappa shape index (κ3) is 2.76. The molecule has 1 aromatic carbocycles. The van der Waals surface area contributed by atoms with Gasteiger partial charge in [0.2, 0.25) is 0 Å². The average Bonchev–Trinajstić information content (AvgIpc) is 3.33. The minimum absolute atomic E-state index is 0.309. The Hall–Kier alpha value is -2.57. The van der Waals surface area contributed by atoms with Gasteiger partial charge in [0.05, 0.1) is 0 Å². The number of halogens is 1. The van der Waals surface area contributed by atoms with Crippen LogP contribution in [0.1, 0.15) is 13.3 Å². The van der Waals surface area contributed by atoms with Crippen molar-refractivity contribution >= 4 is 34.0 Å². The fourth-order valence-corrected chi connectivity index (χ4v) is 4.13. The van der Waals surface area contributed by atoms with Gasteiger partial charge in [-0.05, 0) is 24.9 Å². The van der Waals surface area contributed by atoms with Gasteiger partial charge in [-0.15, -0.1) is 0 Å². The molecule has 1 aliphatic rings. The molecule has 0 bridgehead atoms. The van der Waals surface area contributed by atoms with E-state index in [0.29, 0.717) is 17.1 Å². The lowest BCUT2D eigenvalue weighted by Crippen LogP contribution is -2.44. The van der Waals surface area contributed by atoms with E-state index in [0.717, 1.165) is 53.1 Å². The fraction of sp³-hybridized carbons (Fsp3) is 0.300. The molecule has 138 valence electrons. The van der Waals surface area contributed by atoms with Crippen molar-refractivity contribution in [1.29, 1.82) is 0 Å². The molecule has 2 atom stereocenters. The number of imidazole rings is 1.